The minimum absolute atomic E-state index is 0.0772. The number of amidine groups is 1. The molecule has 0 unspecified atom stereocenters. The number of carbonyl (C=O) groups is 3. The van der Waals surface area contributed by atoms with Crippen molar-refractivity contribution in [2.24, 2.45) is 4.99 Å². The third-order valence-electron chi connectivity index (χ3n) is 7.06. The highest BCUT2D eigenvalue weighted by atomic mass is 32.2. The van der Waals surface area contributed by atoms with E-state index in [1.54, 1.807) is 55.5 Å². The van der Waals surface area contributed by atoms with Crippen LogP contribution in [0.2, 0.25) is 0 Å². The van der Waals surface area contributed by atoms with E-state index in [1.807, 2.05) is 91.0 Å². The molecule has 0 aliphatic carbocycles. The predicted octanol–water partition coefficient (Wildman–Crippen LogP) is 7.87. The van der Waals surface area contributed by atoms with Crippen molar-refractivity contribution < 1.29 is 19.1 Å². The molecule has 0 atom stereocenters. The molecule has 0 saturated carbocycles. The molecule has 47 heavy (non-hydrogen) atoms. The van der Waals surface area contributed by atoms with Crippen molar-refractivity contribution in [1.82, 2.24) is 10.2 Å². The summed E-state index contributed by atoms with van der Waals surface area (Å²) >= 11 is 1.02. The van der Waals surface area contributed by atoms with Crippen molar-refractivity contribution in [3.63, 3.8) is 0 Å². The maximum absolute atomic E-state index is 14.0. The van der Waals surface area contributed by atoms with E-state index in [0.717, 1.165) is 22.9 Å². The van der Waals surface area contributed by atoms with E-state index in [0.29, 0.717) is 22.8 Å². The van der Waals surface area contributed by atoms with E-state index < -0.39 is 11.8 Å². The SMILES string of the molecule is C=C/C=C\C(=C/C)N1C(=O)/C(=C/c2cccc(Oc3ccccc3)c2)C(=O)N=C1SCC(=O)NC(c1ccccc1)c1ccccc1. The minimum Gasteiger partial charge on any atom is -0.457 e. The number of hydrogen-bond donors (Lipinski definition) is 1. The predicted molar refractivity (Wildman–Crippen MR) is 189 cm³/mol. The Balaban J connectivity index is 1.40. The van der Waals surface area contributed by atoms with Crippen LogP contribution in [0.3, 0.4) is 0 Å². The van der Waals surface area contributed by atoms with E-state index in [1.165, 1.54) is 11.0 Å². The van der Waals surface area contributed by atoms with Gasteiger partial charge >= 0.3 is 0 Å². The first-order valence-electron chi connectivity index (χ1n) is 15.0. The molecule has 5 rings (SSSR count). The summed E-state index contributed by atoms with van der Waals surface area (Å²) in [5, 5.41) is 3.20. The summed E-state index contributed by atoms with van der Waals surface area (Å²) in [6, 6.07) is 35.4. The van der Waals surface area contributed by atoms with E-state index in [9.17, 15) is 14.4 Å². The number of hydrogen-bond acceptors (Lipinski definition) is 5. The van der Waals surface area contributed by atoms with Gasteiger partial charge in [0.15, 0.2) is 5.17 Å². The zero-order chi connectivity index (χ0) is 33.0. The first-order chi connectivity index (χ1) is 23.0. The fraction of sp³-hybridized carbons (Fsp3) is 0.0769. The van der Waals surface area contributed by atoms with Gasteiger partial charge in [-0.25, -0.2) is 0 Å². The molecule has 0 bridgehead atoms. The van der Waals surface area contributed by atoms with Crippen LogP contribution in [-0.4, -0.2) is 33.5 Å². The van der Waals surface area contributed by atoms with Crippen molar-refractivity contribution >= 4 is 40.7 Å². The van der Waals surface area contributed by atoms with Crippen molar-refractivity contribution in [1.29, 1.82) is 0 Å². The smallest absolute Gasteiger partial charge is 0.285 e. The van der Waals surface area contributed by atoms with Crippen LogP contribution in [0, 0.1) is 0 Å². The number of aliphatic imine (C=N–C) groups is 1. The molecule has 0 fully saturated rings. The zero-order valence-electron chi connectivity index (χ0n) is 25.8. The van der Waals surface area contributed by atoms with Gasteiger partial charge in [-0.3, -0.25) is 19.3 Å². The van der Waals surface area contributed by atoms with Gasteiger partial charge in [-0.2, -0.15) is 4.99 Å². The van der Waals surface area contributed by atoms with Gasteiger partial charge in [-0.1, -0.05) is 128 Å². The molecule has 8 heteroatoms. The fourth-order valence-corrected chi connectivity index (χ4v) is 5.66. The molecule has 0 aromatic heterocycles. The first kappa shape index (κ1) is 32.7. The fourth-order valence-electron chi connectivity index (χ4n) is 4.85. The van der Waals surface area contributed by atoms with E-state index >= 15 is 0 Å². The van der Waals surface area contributed by atoms with Gasteiger partial charge < -0.3 is 10.1 Å². The molecular formula is C39H33N3O4S. The van der Waals surface area contributed by atoms with E-state index in [-0.39, 0.29) is 28.4 Å². The molecule has 1 heterocycles. The van der Waals surface area contributed by atoms with Gasteiger partial charge in [-0.15, -0.1) is 0 Å². The summed E-state index contributed by atoms with van der Waals surface area (Å²) in [7, 11) is 0. The van der Waals surface area contributed by atoms with Gasteiger partial charge in [0.1, 0.15) is 17.1 Å². The number of rotatable bonds is 11. The second kappa shape index (κ2) is 16.0. The number of nitrogens with one attached hydrogen (secondary N) is 1. The highest BCUT2D eigenvalue weighted by molar-refractivity contribution is 8.14. The molecule has 1 aliphatic heterocycles. The summed E-state index contributed by atoms with van der Waals surface area (Å²) < 4.78 is 5.93. The lowest BCUT2D eigenvalue weighted by Crippen LogP contribution is -2.42. The van der Waals surface area contributed by atoms with Gasteiger partial charge in [-0.05, 0) is 60.0 Å². The number of nitrogens with zero attached hydrogens (tertiary/aromatic N) is 2. The van der Waals surface area contributed by atoms with Crippen LogP contribution in [0.1, 0.15) is 29.7 Å². The molecule has 1 aliphatic rings. The number of carbonyl (C=O) groups excluding carboxylic acids is 3. The second-order valence-corrected chi connectivity index (χ2v) is 11.2. The Kier molecular flexibility index (Phi) is 11.1. The monoisotopic (exact) mass is 639 g/mol. The van der Waals surface area contributed by atoms with Crippen molar-refractivity contribution in [2.45, 2.75) is 13.0 Å². The largest absolute Gasteiger partial charge is 0.457 e. The van der Waals surface area contributed by atoms with E-state index in [4.69, 9.17) is 4.74 Å². The third-order valence-corrected chi connectivity index (χ3v) is 8.00. The van der Waals surface area contributed by atoms with Crippen LogP contribution in [0.4, 0.5) is 0 Å². The zero-order valence-corrected chi connectivity index (χ0v) is 26.6. The number of amides is 3. The normalized spacial score (nSPS) is 14.4. The lowest BCUT2D eigenvalue weighted by atomic mass is 9.99. The molecule has 234 valence electrons. The van der Waals surface area contributed by atoms with Gasteiger partial charge in [0.05, 0.1) is 11.8 Å². The molecule has 3 amide bonds. The summed E-state index contributed by atoms with van der Waals surface area (Å²) in [5.41, 5.74) is 2.82. The highest BCUT2D eigenvalue weighted by Crippen LogP contribution is 2.28. The Bertz CT molecular complexity index is 1830. The maximum Gasteiger partial charge on any atom is 0.285 e. The second-order valence-electron chi connectivity index (χ2n) is 10.3. The lowest BCUT2D eigenvalue weighted by Gasteiger charge is -2.28. The van der Waals surface area contributed by atoms with Crippen molar-refractivity contribution in [2.75, 3.05) is 5.75 Å². The summed E-state index contributed by atoms with van der Waals surface area (Å²) in [4.78, 5) is 46.3. The Labute approximate surface area is 278 Å². The topological polar surface area (TPSA) is 88.1 Å². The number of allylic oxidation sites excluding steroid dienone is 4. The van der Waals surface area contributed by atoms with Crippen molar-refractivity contribution in [3.05, 3.63) is 174 Å². The van der Waals surface area contributed by atoms with Gasteiger partial charge in [0.2, 0.25) is 5.91 Å². The first-order valence-corrected chi connectivity index (χ1v) is 15.9. The van der Waals surface area contributed by atoms with Crippen LogP contribution in [0.15, 0.2) is 162 Å². The number of benzene rings is 4. The number of para-hydroxylation sites is 1. The van der Waals surface area contributed by atoms with Crippen LogP contribution >= 0.6 is 11.8 Å². The average Bonchev–Trinajstić information content (AvgIpc) is 3.10. The standard InChI is InChI=1S/C39H33N3O4S/c1-3-5-21-31(4-2)42-38(45)34(26-28-16-15-24-33(25-28)46-32-22-13-8-14-23-32)37(44)41-39(42)47-27-35(43)40-36(29-17-9-6-10-18-29)30-19-11-7-12-20-30/h3-26,36H,1,27H2,2H3,(H,40,43)/b21-5-,31-4+,34-26+. The average molecular weight is 640 g/mol. The number of ether oxygens (including phenoxy) is 1. The van der Waals surface area contributed by atoms with Crippen LogP contribution in [-0.2, 0) is 14.4 Å². The molecule has 4 aromatic carbocycles. The van der Waals surface area contributed by atoms with Crippen LogP contribution < -0.4 is 10.1 Å². The van der Waals surface area contributed by atoms with Crippen molar-refractivity contribution in [3.8, 4) is 11.5 Å². The maximum atomic E-state index is 14.0. The quantitative estimate of drug-likeness (QED) is 0.103. The van der Waals surface area contributed by atoms with Gasteiger partial charge in [0.25, 0.3) is 11.8 Å². The molecular weight excluding hydrogens is 607 g/mol. The minimum atomic E-state index is -0.696. The Morgan fingerprint density at radius 1 is 0.894 bits per heavy atom. The Morgan fingerprint density at radius 2 is 1.51 bits per heavy atom. The molecule has 7 nitrogen and oxygen atoms in total. The molecule has 0 spiro atoms. The Hall–Kier alpha value is -5.73. The van der Waals surface area contributed by atoms with Crippen LogP contribution in [0.5, 0.6) is 11.5 Å². The summed E-state index contributed by atoms with van der Waals surface area (Å²) in [6.07, 6.45) is 8.21. The number of thioether (sulfide) groups is 1. The van der Waals surface area contributed by atoms with Gasteiger partial charge in [0, 0.05) is 5.70 Å². The van der Waals surface area contributed by atoms with Crippen LogP contribution in [0.25, 0.3) is 6.08 Å². The molecule has 0 radical (unpaired) electrons. The van der Waals surface area contributed by atoms with E-state index in [2.05, 4.69) is 16.9 Å². The Morgan fingerprint density at radius 3 is 2.13 bits per heavy atom. The third kappa shape index (κ3) is 8.51. The summed E-state index contributed by atoms with van der Waals surface area (Å²) in [5.74, 6) is -0.402. The molecule has 4 aromatic rings. The lowest BCUT2D eigenvalue weighted by molar-refractivity contribution is -0.126. The molecule has 0 saturated heterocycles. The summed E-state index contributed by atoms with van der Waals surface area (Å²) in [6.45, 7) is 5.50. The molecule has 1 N–H and O–H groups in total. The highest BCUT2D eigenvalue weighted by Gasteiger charge is 2.35.